The molecule has 2 aliphatic carbocycles. The van der Waals surface area contributed by atoms with Crippen LogP contribution >= 0.6 is 0 Å². The molecule has 3 aliphatic rings. The van der Waals surface area contributed by atoms with Crippen LogP contribution in [0.15, 0.2) is 53.4 Å². The van der Waals surface area contributed by atoms with E-state index in [-0.39, 0.29) is 23.9 Å². The molecule has 1 N–H and O–H groups in total. The number of fused-ring (bicyclic) bond motifs is 3. The van der Waals surface area contributed by atoms with Crippen LogP contribution in [0, 0.1) is 5.92 Å². The number of ether oxygens (including phenoxy) is 2. The number of nitrogens with zero attached hydrogens (tertiary/aromatic N) is 1. The zero-order valence-electron chi connectivity index (χ0n) is 21.1. The fraction of sp³-hybridized carbons (Fsp3) is 0.464. The van der Waals surface area contributed by atoms with Crippen molar-refractivity contribution in [2.45, 2.75) is 68.3 Å². The van der Waals surface area contributed by atoms with Gasteiger partial charge in [0.25, 0.3) is 0 Å². The third-order valence-electron chi connectivity index (χ3n) is 7.90. The van der Waals surface area contributed by atoms with E-state index in [1.165, 1.54) is 13.3 Å². The van der Waals surface area contributed by atoms with Gasteiger partial charge in [-0.05, 0) is 66.6 Å². The van der Waals surface area contributed by atoms with Gasteiger partial charge in [-0.3, -0.25) is 4.79 Å². The van der Waals surface area contributed by atoms with E-state index in [2.05, 4.69) is 17.5 Å². The van der Waals surface area contributed by atoms with Crippen molar-refractivity contribution in [3.05, 3.63) is 59.7 Å². The largest absolute Gasteiger partial charge is 0.493 e. The van der Waals surface area contributed by atoms with Gasteiger partial charge in [-0.1, -0.05) is 37.5 Å². The molecule has 3 atom stereocenters. The maximum Gasteiger partial charge on any atom is 0.308 e. The number of allylic oxidation sites excluding steroid dienone is 2. The van der Waals surface area contributed by atoms with Gasteiger partial charge in [0.2, 0.25) is 10.0 Å². The fourth-order valence-electron chi connectivity index (χ4n) is 5.99. The lowest BCUT2D eigenvalue weighted by Gasteiger charge is -2.38. The number of hydrogen-bond donors (Lipinski definition) is 1. The maximum absolute atomic E-state index is 13.5. The molecular formula is C28H34N2O5S. The second-order valence-corrected chi connectivity index (χ2v) is 12.0. The van der Waals surface area contributed by atoms with Gasteiger partial charge >= 0.3 is 5.97 Å². The standard InChI is InChI=1S/C28H34N2O5S/c1-18(31)35-26-15-12-19(16-27(26)34-3)28-23-11-7-10-22(23)24-17-21(13-14-25(24)29-28)36(32,33)30(2)20-8-5-4-6-9-20/h7,10,12-17,20,22-23,28-29H,4-6,8-9,11H2,1-3H3. The average molecular weight is 511 g/mol. The molecule has 7 nitrogen and oxygen atoms in total. The molecule has 1 aliphatic heterocycles. The predicted molar refractivity (Wildman–Crippen MR) is 139 cm³/mol. The van der Waals surface area contributed by atoms with E-state index in [1.807, 2.05) is 24.3 Å². The minimum absolute atomic E-state index is 0.00477. The Kier molecular flexibility index (Phi) is 6.83. The Morgan fingerprint density at radius 2 is 1.83 bits per heavy atom. The van der Waals surface area contributed by atoms with Gasteiger partial charge in [0.05, 0.1) is 18.0 Å². The number of carbonyl (C=O) groups excluding carboxylic acids is 1. The van der Waals surface area contributed by atoms with Crippen molar-refractivity contribution < 1.29 is 22.7 Å². The van der Waals surface area contributed by atoms with Gasteiger partial charge in [0.15, 0.2) is 11.5 Å². The highest BCUT2D eigenvalue weighted by Gasteiger charge is 2.39. The number of hydrogen-bond acceptors (Lipinski definition) is 6. The topological polar surface area (TPSA) is 84.9 Å². The Morgan fingerprint density at radius 1 is 1.06 bits per heavy atom. The Hall–Kier alpha value is -2.84. The normalized spacial score (nSPS) is 23.6. The lowest BCUT2D eigenvalue weighted by molar-refractivity contribution is -0.132. The summed E-state index contributed by atoms with van der Waals surface area (Å²) >= 11 is 0. The molecular weight excluding hydrogens is 476 g/mol. The number of esters is 1. The average Bonchev–Trinajstić information content (AvgIpc) is 3.38. The number of nitrogens with one attached hydrogen (secondary N) is 1. The molecule has 0 amide bonds. The molecule has 0 radical (unpaired) electrons. The molecule has 0 saturated heterocycles. The van der Waals surface area contributed by atoms with Crippen LogP contribution in [0.4, 0.5) is 5.69 Å². The molecule has 2 aromatic rings. The first-order valence-corrected chi connectivity index (χ1v) is 14.1. The molecule has 1 fully saturated rings. The number of carbonyl (C=O) groups is 1. The van der Waals surface area contributed by atoms with Crippen LogP contribution in [-0.2, 0) is 14.8 Å². The van der Waals surface area contributed by atoms with Crippen molar-refractivity contribution in [1.29, 1.82) is 0 Å². The number of methoxy groups -OCH3 is 1. The first-order chi connectivity index (χ1) is 17.3. The summed E-state index contributed by atoms with van der Waals surface area (Å²) in [6.45, 7) is 1.36. The highest BCUT2D eigenvalue weighted by atomic mass is 32.2. The summed E-state index contributed by atoms with van der Waals surface area (Å²) in [5, 5.41) is 3.66. The number of rotatable bonds is 6. The van der Waals surface area contributed by atoms with E-state index in [4.69, 9.17) is 9.47 Å². The van der Waals surface area contributed by atoms with Crippen molar-refractivity contribution in [1.82, 2.24) is 4.31 Å². The molecule has 1 saturated carbocycles. The van der Waals surface area contributed by atoms with Gasteiger partial charge in [0, 0.05) is 31.6 Å². The van der Waals surface area contributed by atoms with E-state index in [1.54, 1.807) is 30.6 Å². The molecule has 192 valence electrons. The molecule has 5 rings (SSSR count). The Morgan fingerprint density at radius 3 is 2.56 bits per heavy atom. The summed E-state index contributed by atoms with van der Waals surface area (Å²) < 4.78 is 39.4. The zero-order valence-corrected chi connectivity index (χ0v) is 21.9. The van der Waals surface area contributed by atoms with Gasteiger partial charge in [-0.25, -0.2) is 8.42 Å². The monoisotopic (exact) mass is 510 g/mol. The van der Waals surface area contributed by atoms with Crippen LogP contribution in [0.25, 0.3) is 0 Å². The van der Waals surface area contributed by atoms with Crippen molar-refractivity contribution in [2.24, 2.45) is 5.92 Å². The molecule has 2 aromatic carbocycles. The Bertz CT molecular complexity index is 1280. The quantitative estimate of drug-likeness (QED) is 0.318. The highest BCUT2D eigenvalue weighted by molar-refractivity contribution is 7.89. The van der Waals surface area contributed by atoms with E-state index < -0.39 is 16.0 Å². The summed E-state index contributed by atoms with van der Waals surface area (Å²) in [4.78, 5) is 11.8. The first kappa shape index (κ1) is 24.8. The minimum atomic E-state index is -3.57. The lowest BCUT2D eigenvalue weighted by atomic mass is 9.77. The smallest absolute Gasteiger partial charge is 0.308 e. The molecule has 8 heteroatoms. The molecule has 1 heterocycles. The van der Waals surface area contributed by atoms with Gasteiger partial charge in [-0.15, -0.1) is 0 Å². The van der Waals surface area contributed by atoms with Crippen molar-refractivity contribution in [3.63, 3.8) is 0 Å². The predicted octanol–water partition coefficient (Wildman–Crippen LogP) is 5.40. The Labute approximate surface area is 213 Å². The fourth-order valence-corrected chi connectivity index (χ4v) is 7.44. The third kappa shape index (κ3) is 4.52. The summed E-state index contributed by atoms with van der Waals surface area (Å²) in [6.07, 6.45) is 10.5. The van der Waals surface area contributed by atoms with Crippen LogP contribution in [-0.4, -0.2) is 38.9 Å². The van der Waals surface area contributed by atoms with Crippen molar-refractivity contribution in [3.8, 4) is 11.5 Å². The van der Waals surface area contributed by atoms with Gasteiger partial charge < -0.3 is 14.8 Å². The SMILES string of the molecule is COc1cc(C2Nc3ccc(S(=O)(=O)N(C)C4CCCCC4)cc3C3C=CCC32)ccc1OC(C)=O. The van der Waals surface area contributed by atoms with E-state index in [0.29, 0.717) is 16.4 Å². The van der Waals surface area contributed by atoms with Crippen molar-refractivity contribution >= 4 is 21.7 Å². The third-order valence-corrected chi connectivity index (χ3v) is 9.81. The van der Waals surface area contributed by atoms with Crippen LogP contribution in [0.1, 0.15) is 68.5 Å². The number of benzene rings is 2. The van der Waals surface area contributed by atoms with Crippen LogP contribution < -0.4 is 14.8 Å². The maximum atomic E-state index is 13.5. The molecule has 0 spiro atoms. The number of anilines is 1. The van der Waals surface area contributed by atoms with E-state index >= 15 is 0 Å². The molecule has 0 aromatic heterocycles. The first-order valence-electron chi connectivity index (χ1n) is 12.7. The minimum Gasteiger partial charge on any atom is -0.493 e. The van der Waals surface area contributed by atoms with E-state index in [0.717, 1.165) is 48.9 Å². The summed E-state index contributed by atoms with van der Waals surface area (Å²) in [7, 11) is -0.283. The van der Waals surface area contributed by atoms with Crippen LogP contribution in [0.5, 0.6) is 11.5 Å². The summed E-state index contributed by atoms with van der Waals surface area (Å²) in [5.74, 6) is 0.843. The zero-order chi connectivity index (χ0) is 25.4. The van der Waals surface area contributed by atoms with Gasteiger partial charge in [0.1, 0.15) is 0 Å². The van der Waals surface area contributed by atoms with Gasteiger partial charge in [-0.2, -0.15) is 4.31 Å². The van der Waals surface area contributed by atoms with Crippen LogP contribution in [0.3, 0.4) is 0 Å². The number of sulfonamides is 1. The molecule has 3 unspecified atom stereocenters. The Balaban J connectivity index is 1.46. The van der Waals surface area contributed by atoms with Crippen LogP contribution in [0.2, 0.25) is 0 Å². The second kappa shape index (κ2) is 9.90. The second-order valence-electron chi connectivity index (χ2n) is 10.0. The highest BCUT2D eigenvalue weighted by Crippen LogP contribution is 2.51. The molecule has 0 bridgehead atoms. The van der Waals surface area contributed by atoms with E-state index in [9.17, 15) is 13.2 Å². The van der Waals surface area contributed by atoms with Crippen molar-refractivity contribution in [2.75, 3.05) is 19.5 Å². The summed E-state index contributed by atoms with van der Waals surface area (Å²) in [6, 6.07) is 11.2. The summed E-state index contributed by atoms with van der Waals surface area (Å²) in [5.41, 5.74) is 2.99. The molecule has 36 heavy (non-hydrogen) atoms. The lowest BCUT2D eigenvalue weighted by Crippen LogP contribution is -2.38.